The van der Waals surface area contributed by atoms with E-state index in [9.17, 15) is 4.79 Å². The molecule has 1 N–H and O–H groups in total. The summed E-state index contributed by atoms with van der Waals surface area (Å²) in [7, 11) is 0. The third kappa shape index (κ3) is 4.08. The van der Waals surface area contributed by atoms with Crippen molar-refractivity contribution in [3.63, 3.8) is 0 Å². The Bertz CT molecular complexity index is 1030. The monoisotopic (exact) mass is 403 g/mol. The van der Waals surface area contributed by atoms with Crippen LogP contribution in [0.25, 0.3) is 5.69 Å². The standard InChI is InChI=1S/C24H29N5O/c1-17(2)20-11-5-7-13-22(20)29-18(3)26-23(27-29)24(30)25-16-19-10-4-6-12-21(19)28-14-8-9-15-28/h4-7,10-13,17H,8-9,14-16H2,1-3H3,(H,25,30). The molecule has 0 saturated carbocycles. The first-order chi connectivity index (χ1) is 14.5. The van der Waals surface area contributed by atoms with Crippen molar-refractivity contribution in [1.82, 2.24) is 20.1 Å². The van der Waals surface area contributed by atoms with Gasteiger partial charge in [-0.3, -0.25) is 4.79 Å². The van der Waals surface area contributed by atoms with E-state index >= 15 is 0 Å². The highest BCUT2D eigenvalue weighted by atomic mass is 16.2. The van der Waals surface area contributed by atoms with Gasteiger partial charge in [-0.05, 0) is 48.9 Å². The fourth-order valence-corrected chi connectivity index (χ4v) is 4.06. The van der Waals surface area contributed by atoms with Gasteiger partial charge in [-0.1, -0.05) is 50.2 Å². The van der Waals surface area contributed by atoms with Gasteiger partial charge in [0.2, 0.25) is 5.82 Å². The first kappa shape index (κ1) is 20.1. The van der Waals surface area contributed by atoms with Crippen molar-refractivity contribution >= 4 is 11.6 Å². The Balaban J connectivity index is 1.52. The molecule has 0 radical (unpaired) electrons. The normalized spacial score (nSPS) is 13.8. The van der Waals surface area contributed by atoms with Crippen molar-refractivity contribution in [3.8, 4) is 5.69 Å². The van der Waals surface area contributed by atoms with Gasteiger partial charge in [0, 0.05) is 25.3 Å². The third-order valence-electron chi connectivity index (χ3n) is 5.64. The van der Waals surface area contributed by atoms with Crippen LogP contribution in [0.1, 0.15) is 60.2 Å². The van der Waals surface area contributed by atoms with Gasteiger partial charge in [0.15, 0.2) is 0 Å². The van der Waals surface area contributed by atoms with Gasteiger partial charge < -0.3 is 10.2 Å². The number of anilines is 1. The maximum Gasteiger partial charge on any atom is 0.291 e. The number of rotatable bonds is 6. The van der Waals surface area contributed by atoms with E-state index in [1.165, 1.54) is 24.1 Å². The average molecular weight is 404 g/mol. The van der Waals surface area contributed by atoms with Gasteiger partial charge in [0.25, 0.3) is 5.91 Å². The highest BCUT2D eigenvalue weighted by Gasteiger charge is 2.19. The number of hydrogen-bond donors (Lipinski definition) is 1. The molecule has 6 nitrogen and oxygen atoms in total. The molecular formula is C24H29N5O. The third-order valence-corrected chi connectivity index (χ3v) is 5.64. The molecule has 1 aliphatic rings. The zero-order chi connectivity index (χ0) is 21.1. The molecule has 6 heteroatoms. The molecule has 4 rings (SSSR count). The highest BCUT2D eigenvalue weighted by Crippen LogP contribution is 2.25. The minimum Gasteiger partial charge on any atom is -0.371 e. The molecule has 156 valence electrons. The van der Waals surface area contributed by atoms with E-state index in [1.807, 2.05) is 31.2 Å². The van der Waals surface area contributed by atoms with Gasteiger partial charge in [0.1, 0.15) is 5.82 Å². The number of hydrogen-bond acceptors (Lipinski definition) is 4. The molecule has 1 aromatic heterocycles. The van der Waals surface area contributed by atoms with Crippen molar-refractivity contribution in [3.05, 3.63) is 71.3 Å². The molecule has 0 aliphatic carbocycles. The van der Waals surface area contributed by atoms with Crippen molar-refractivity contribution in [2.75, 3.05) is 18.0 Å². The van der Waals surface area contributed by atoms with Gasteiger partial charge in [-0.15, -0.1) is 5.10 Å². The van der Waals surface area contributed by atoms with E-state index in [4.69, 9.17) is 0 Å². The number of nitrogens with zero attached hydrogens (tertiary/aromatic N) is 4. The Morgan fingerprint density at radius 3 is 2.43 bits per heavy atom. The predicted molar refractivity (Wildman–Crippen MR) is 119 cm³/mol. The van der Waals surface area contributed by atoms with Crippen LogP contribution in [0.3, 0.4) is 0 Å². The number of para-hydroxylation sites is 2. The fourth-order valence-electron chi connectivity index (χ4n) is 4.06. The van der Waals surface area contributed by atoms with E-state index < -0.39 is 0 Å². The molecule has 1 saturated heterocycles. The van der Waals surface area contributed by atoms with Crippen molar-refractivity contribution in [1.29, 1.82) is 0 Å². The Morgan fingerprint density at radius 1 is 1.03 bits per heavy atom. The van der Waals surface area contributed by atoms with Crippen molar-refractivity contribution < 1.29 is 4.79 Å². The quantitative estimate of drug-likeness (QED) is 0.669. The van der Waals surface area contributed by atoms with Crippen LogP contribution in [0, 0.1) is 6.92 Å². The van der Waals surface area contributed by atoms with Gasteiger partial charge >= 0.3 is 0 Å². The molecule has 30 heavy (non-hydrogen) atoms. The zero-order valence-electron chi connectivity index (χ0n) is 17.9. The summed E-state index contributed by atoms with van der Waals surface area (Å²) in [6.07, 6.45) is 2.44. The molecule has 2 aromatic carbocycles. The molecular weight excluding hydrogens is 374 g/mol. The lowest BCUT2D eigenvalue weighted by Crippen LogP contribution is -2.26. The molecule has 3 aromatic rings. The number of carbonyl (C=O) groups excluding carboxylic acids is 1. The lowest BCUT2D eigenvalue weighted by atomic mass is 10.0. The van der Waals surface area contributed by atoms with E-state index in [0.717, 1.165) is 24.3 Å². The second kappa shape index (κ2) is 8.69. The minimum atomic E-state index is -0.255. The molecule has 0 unspecified atom stereocenters. The summed E-state index contributed by atoms with van der Waals surface area (Å²) in [6, 6.07) is 16.4. The van der Waals surface area contributed by atoms with E-state index in [0.29, 0.717) is 18.3 Å². The number of aryl methyl sites for hydroxylation is 1. The second-order valence-electron chi connectivity index (χ2n) is 8.11. The number of aromatic nitrogens is 3. The first-order valence-electron chi connectivity index (χ1n) is 10.7. The number of amides is 1. The van der Waals surface area contributed by atoms with Gasteiger partial charge in [-0.25, -0.2) is 9.67 Å². The summed E-state index contributed by atoms with van der Waals surface area (Å²) >= 11 is 0. The summed E-state index contributed by atoms with van der Waals surface area (Å²) in [6.45, 7) is 8.79. The van der Waals surface area contributed by atoms with E-state index in [2.05, 4.69) is 58.4 Å². The largest absolute Gasteiger partial charge is 0.371 e. The fraction of sp³-hybridized carbons (Fsp3) is 0.375. The average Bonchev–Trinajstić information content (AvgIpc) is 3.42. The van der Waals surface area contributed by atoms with Crippen LogP contribution in [0.5, 0.6) is 0 Å². The smallest absolute Gasteiger partial charge is 0.291 e. The summed E-state index contributed by atoms with van der Waals surface area (Å²) < 4.78 is 1.77. The summed E-state index contributed by atoms with van der Waals surface area (Å²) in [5.74, 6) is 0.995. The maximum atomic E-state index is 12.8. The van der Waals surface area contributed by atoms with Gasteiger partial charge in [0.05, 0.1) is 5.69 Å². The van der Waals surface area contributed by atoms with Crippen LogP contribution in [0.15, 0.2) is 48.5 Å². The SMILES string of the molecule is Cc1nc(C(=O)NCc2ccccc2N2CCCC2)nn1-c1ccccc1C(C)C. The van der Waals surface area contributed by atoms with Crippen LogP contribution in [-0.2, 0) is 6.54 Å². The number of carbonyl (C=O) groups is 1. The summed E-state index contributed by atoms with van der Waals surface area (Å²) in [4.78, 5) is 19.6. The van der Waals surface area contributed by atoms with E-state index in [-0.39, 0.29) is 11.7 Å². The highest BCUT2D eigenvalue weighted by molar-refractivity contribution is 5.90. The topological polar surface area (TPSA) is 63.1 Å². The summed E-state index contributed by atoms with van der Waals surface area (Å²) in [5, 5.41) is 7.52. The summed E-state index contributed by atoms with van der Waals surface area (Å²) in [5.41, 5.74) is 4.47. The van der Waals surface area contributed by atoms with Crippen molar-refractivity contribution in [2.45, 2.75) is 46.1 Å². The Kier molecular flexibility index (Phi) is 5.84. The Hall–Kier alpha value is -3.15. The van der Waals surface area contributed by atoms with Crippen LogP contribution >= 0.6 is 0 Å². The molecule has 0 atom stereocenters. The van der Waals surface area contributed by atoms with Gasteiger partial charge in [-0.2, -0.15) is 0 Å². The second-order valence-corrected chi connectivity index (χ2v) is 8.11. The molecule has 2 heterocycles. The maximum absolute atomic E-state index is 12.8. The Labute approximate surface area is 177 Å². The molecule has 0 spiro atoms. The molecule has 1 aliphatic heterocycles. The van der Waals surface area contributed by atoms with Crippen LogP contribution < -0.4 is 10.2 Å². The molecule has 0 bridgehead atoms. The Morgan fingerprint density at radius 2 is 1.70 bits per heavy atom. The van der Waals surface area contributed by atoms with Crippen LogP contribution in [0.2, 0.25) is 0 Å². The van der Waals surface area contributed by atoms with Crippen LogP contribution in [-0.4, -0.2) is 33.8 Å². The first-order valence-corrected chi connectivity index (χ1v) is 10.7. The lowest BCUT2D eigenvalue weighted by Gasteiger charge is -2.21. The molecule has 1 amide bonds. The van der Waals surface area contributed by atoms with Crippen molar-refractivity contribution in [2.24, 2.45) is 0 Å². The van der Waals surface area contributed by atoms with Crippen LogP contribution in [0.4, 0.5) is 5.69 Å². The number of benzene rings is 2. The predicted octanol–water partition coefficient (Wildman–Crippen LogP) is 4.23. The number of nitrogens with one attached hydrogen (secondary N) is 1. The minimum absolute atomic E-state index is 0.199. The lowest BCUT2D eigenvalue weighted by molar-refractivity contribution is 0.0940. The molecule has 1 fully saturated rings. The zero-order valence-corrected chi connectivity index (χ0v) is 17.9. The van der Waals surface area contributed by atoms with E-state index in [1.54, 1.807) is 4.68 Å².